The zero-order valence-corrected chi connectivity index (χ0v) is 9.93. The second-order valence-electron chi connectivity index (χ2n) is 4.20. The van der Waals surface area contributed by atoms with Crippen molar-refractivity contribution in [3.63, 3.8) is 0 Å². The molecule has 0 aliphatic rings. The van der Waals surface area contributed by atoms with E-state index in [0.717, 1.165) is 16.7 Å². The Hall–Kier alpha value is -1.20. The van der Waals surface area contributed by atoms with E-state index in [2.05, 4.69) is 5.32 Å². The number of benzene rings is 1. The maximum Gasteiger partial charge on any atom is 0.282 e. The molecule has 1 rings (SSSR count). The van der Waals surface area contributed by atoms with E-state index in [1.54, 1.807) is 26.0 Å². The number of phenols is 1. The molecule has 0 aliphatic carbocycles. The number of aromatic hydroxyl groups is 1. The van der Waals surface area contributed by atoms with Gasteiger partial charge >= 0.3 is 0 Å². The van der Waals surface area contributed by atoms with E-state index < -0.39 is 19.1 Å². The molecule has 5 heteroatoms. The summed E-state index contributed by atoms with van der Waals surface area (Å²) in [5.41, 5.74) is 2.26. The average Bonchev–Trinajstić information content (AvgIpc) is 2.25. The minimum absolute atomic E-state index is 0.231. The van der Waals surface area contributed by atoms with Crippen LogP contribution in [0, 0.1) is 13.8 Å². The lowest BCUT2D eigenvalue weighted by atomic mass is 10.1. The van der Waals surface area contributed by atoms with Gasteiger partial charge < -0.3 is 15.5 Å². The monoisotopic (exact) mass is 245 g/mol. The number of nitrogens with one attached hydrogen (secondary N) is 1. The molecule has 0 radical (unpaired) electrons. The molecule has 17 heavy (non-hydrogen) atoms. The number of rotatable bonds is 5. The number of aliphatic hydroxyl groups excluding tert-OH is 1. The van der Waals surface area contributed by atoms with Gasteiger partial charge in [0.1, 0.15) is 12.4 Å². The zero-order valence-electron chi connectivity index (χ0n) is 9.93. The summed E-state index contributed by atoms with van der Waals surface area (Å²) < 4.78 is 25.5. The van der Waals surface area contributed by atoms with E-state index in [9.17, 15) is 13.9 Å². The van der Waals surface area contributed by atoms with Crippen LogP contribution in [0.4, 0.5) is 8.78 Å². The lowest BCUT2D eigenvalue weighted by Crippen LogP contribution is -2.35. The normalized spacial score (nSPS) is 11.8. The molecular formula is C12H17F2NO2. The fourth-order valence-corrected chi connectivity index (χ4v) is 1.59. The first-order valence-electron chi connectivity index (χ1n) is 5.34. The molecule has 0 bridgehead atoms. The van der Waals surface area contributed by atoms with Crippen LogP contribution in [0.5, 0.6) is 5.75 Å². The third kappa shape index (κ3) is 3.94. The Labute approximate surface area is 99.1 Å². The number of aryl methyl sites for hydroxylation is 2. The van der Waals surface area contributed by atoms with Crippen molar-refractivity contribution in [1.82, 2.24) is 5.32 Å². The van der Waals surface area contributed by atoms with Crippen molar-refractivity contribution in [2.45, 2.75) is 26.3 Å². The van der Waals surface area contributed by atoms with E-state index in [4.69, 9.17) is 5.11 Å². The van der Waals surface area contributed by atoms with Crippen LogP contribution in [0.25, 0.3) is 0 Å². The summed E-state index contributed by atoms with van der Waals surface area (Å²) in [4.78, 5) is 0. The summed E-state index contributed by atoms with van der Waals surface area (Å²) in [6.07, 6.45) is 0. The van der Waals surface area contributed by atoms with Crippen LogP contribution in [0.3, 0.4) is 0 Å². The van der Waals surface area contributed by atoms with Crippen molar-refractivity contribution in [1.29, 1.82) is 0 Å². The highest BCUT2D eigenvalue weighted by molar-refractivity contribution is 5.42. The number of phenolic OH excluding ortho intramolecular Hbond substituents is 1. The van der Waals surface area contributed by atoms with Crippen LogP contribution >= 0.6 is 0 Å². The van der Waals surface area contributed by atoms with Gasteiger partial charge in [0.15, 0.2) is 0 Å². The van der Waals surface area contributed by atoms with E-state index in [1.807, 2.05) is 0 Å². The number of aliphatic hydroxyl groups is 1. The van der Waals surface area contributed by atoms with Gasteiger partial charge in [0.2, 0.25) is 0 Å². The topological polar surface area (TPSA) is 52.5 Å². The van der Waals surface area contributed by atoms with Crippen molar-refractivity contribution in [2.24, 2.45) is 0 Å². The van der Waals surface area contributed by atoms with Gasteiger partial charge in [0, 0.05) is 6.54 Å². The molecule has 0 aromatic heterocycles. The van der Waals surface area contributed by atoms with Crippen molar-refractivity contribution in [3.05, 3.63) is 28.8 Å². The molecule has 1 aromatic carbocycles. The van der Waals surface area contributed by atoms with E-state index in [-0.39, 0.29) is 12.3 Å². The summed E-state index contributed by atoms with van der Waals surface area (Å²) in [5, 5.41) is 20.5. The highest BCUT2D eigenvalue weighted by atomic mass is 19.3. The Bertz CT molecular complexity index is 371. The number of halogens is 2. The summed E-state index contributed by atoms with van der Waals surface area (Å²) in [5.74, 6) is -2.87. The second kappa shape index (κ2) is 5.42. The van der Waals surface area contributed by atoms with Crippen LogP contribution in [0.1, 0.15) is 16.7 Å². The molecule has 3 N–H and O–H groups in total. The molecule has 0 spiro atoms. The zero-order chi connectivity index (χ0) is 13.1. The summed E-state index contributed by atoms with van der Waals surface area (Å²) in [7, 11) is 0. The van der Waals surface area contributed by atoms with Crippen LogP contribution in [-0.2, 0) is 6.54 Å². The molecule has 0 atom stereocenters. The van der Waals surface area contributed by atoms with Crippen molar-refractivity contribution in [3.8, 4) is 5.75 Å². The van der Waals surface area contributed by atoms with Gasteiger partial charge in [-0.05, 0) is 30.5 Å². The van der Waals surface area contributed by atoms with Crippen LogP contribution < -0.4 is 5.32 Å². The standard InChI is InChI=1S/C12H17F2NO2/c1-8-3-10(4-9(2)11(8)17)5-15-6-12(13,14)7-16/h3-4,15-17H,5-7H2,1-2H3. The molecule has 0 saturated carbocycles. The van der Waals surface area contributed by atoms with E-state index in [0.29, 0.717) is 0 Å². The molecule has 0 heterocycles. The largest absolute Gasteiger partial charge is 0.507 e. The Morgan fingerprint density at radius 2 is 1.76 bits per heavy atom. The van der Waals surface area contributed by atoms with Gasteiger partial charge in [-0.2, -0.15) is 0 Å². The average molecular weight is 245 g/mol. The molecule has 1 aromatic rings. The van der Waals surface area contributed by atoms with Gasteiger partial charge in [0.25, 0.3) is 5.92 Å². The molecule has 3 nitrogen and oxygen atoms in total. The molecular weight excluding hydrogens is 228 g/mol. The van der Waals surface area contributed by atoms with Crippen molar-refractivity contribution < 1.29 is 19.0 Å². The Balaban J connectivity index is 2.59. The molecule has 0 amide bonds. The fraction of sp³-hybridized carbons (Fsp3) is 0.500. The molecule has 96 valence electrons. The maximum absolute atomic E-state index is 12.7. The Morgan fingerprint density at radius 3 is 2.24 bits per heavy atom. The minimum Gasteiger partial charge on any atom is -0.507 e. The maximum atomic E-state index is 12.7. The summed E-state index contributed by atoms with van der Waals surface area (Å²) >= 11 is 0. The Morgan fingerprint density at radius 1 is 1.24 bits per heavy atom. The fourth-order valence-electron chi connectivity index (χ4n) is 1.59. The highest BCUT2D eigenvalue weighted by Crippen LogP contribution is 2.22. The predicted octanol–water partition coefficient (Wildman–Crippen LogP) is 1.73. The van der Waals surface area contributed by atoms with Gasteiger partial charge in [0.05, 0.1) is 6.54 Å². The van der Waals surface area contributed by atoms with Crippen molar-refractivity contribution in [2.75, 3.05) is 13.2 Å². The minimum atomic E-state index is -3.10. The van der Waals surface area contributed by atoms with Gasteiger partial charge in [-0.3, -0.25) is 0 Å². The van der Waals surface area contributed by atoms with Gasteiger partial charge in [-0.1, -0.05) is 12.1 Å². The van der Waals surface area contributed by atoms with Crippen LogP contribution in [0.2, 0.25) is 0 Å². The number of hydrogen-bond donors (Lipinski definition) is 3. The van der Waals surface area contributed by atoms with Crippen molar-refractivity contribution >= 4 is 0 Å². The van der Waals surface area contributed by atoms with Crippen LogP contribution in [0.15, 0.2) is 12.1 Å². The van der Waals surface area contributed by atoms with Crippen LogP contribution in [-0.4, -0.2) is 29.3 Å². The van der Waals surface area contributed by atoms with E-state index in [1.165, 1.54) is 0 Å². The predicted molar refractivity (Wildman–Crippen MR) is 61.3 cm³/mol. The smallest absolute Gasteiger partial charge is 0.282 e. The third-order valence-corrected chi connectivity index (χ3v) is 2.49. The quantitative estimate of drug-likeness (QED) is 0.740. The number of alkyl halides is 2. The Kier molecular flexibility index (Phi) is 4.42. The first-order valence-corrected chi connectivity index (χ1v) is 5.34. The van der Waals surface area contributed by atoms with Gasteiger partial charge in [-0.25, -0.2) is 8.78 Å². The lowest BCUT2D eigenvalue weighted by Gasteiger charge is -2.14. The van der Waals surface area contributed by atoms with Gasteiger partial charge in [-0.15, -0.1) is 0 Å². The number of hydrogen-bond acceptors (Lipinski definition) is 3. The first-order chi connectivity index (χ1) is 7.85. The summed E-state index contributed by atoms with van der Waals surface area (Å²) in [6, 6.07) is 3.48. The highest BCUT2D eigenvalue weighted by Gasteiger charge is 2.26. The third-order valence-electron chi connectivity index (χ3n) is 2.49. The summed E-state index contributed by atoms with van der Waals surface area (Å²) in [6.45, 7) is 2.07. The first kappa shape index (κ1) is 13.9. The molecule has 0 fully saturated rings. The SMILES string of the molecule is Cc1cc(CNCC(F)(F)CO)cc(C)c1O. The molecule has 0 aliphatic heterocycles. The lowest BCUT2D eigenvalue weighted by molar-refractivity contribution is -0.0477. The van der Waals surface area contributed by atoms with E-state index >= 15 is 0 Å². The molecule has 0 saturated heterocycles. The second-order valence-corrected chi connectivity index (χ2v) is 4.20. The molecule has 0 unspecified atom stereocenters.